The third-order valence-corrected chi connectivity index (χ3v) is 4.40. The summed E-state index contributed by atoms with van der Waals surface area (Å²) in [6.45, 7) is 4.98. The van der Waals surface area contributed by atoms with E-state index in [2.05, 4.69) is 25.4 Å². The van der Waals surface area contributed by atoms with Gasteiger partial charge in [-0.05, 0) is 32.0 Å². The molecular formula is C21H22N6O2. The van der Waals surface area contributed by atoms with Crippen LogP contribution in [0.15, 0.2) is 49.1 Å². The quantitative estimate of drug-likeness (QED) is 0.511. The summed E-state index contributed by atoms with van der Waals surface area (Å²) in [6.07, 6.45) is 3.08. The molecule has 0 spiro atoms. The Balaban J connectivity index is 1.73. The van der Waals surface area contributed by atoms with Crippen LogP contribution in [0.3, 0.4) is 0 Å². The number of aryl methyl sites for hydroxylation is 1. The predicted molar refractivity (Wildman–Crippen MR) is 112 cm³/mol. The summed E-state index contributed by atoms with van der Waals surface area (Å²) < 4.78 is 13.2. The molecule has 0 amide bonds. The van der Waals surface area contributed by atoms with Crippen molar-refractivity contribution in [3.05, 3.63) is 49.1 Å². The number of benzene rings is 2. The highest BCUT2D eigenvalue weighted by atomic mass is 16.5. The predicted octanol–water partition coefficient (Wildman–Crippen LogP) is 3.97. The van der Waals surface area contributed by atoms with E-state index in [0.717, 1.165) is 28.0 Å². The highest BCUT2D eigenvalue weighted by molar-refractivity contribution is 5.93. The standard InChI is InChI=1S/C21H22N6O2/c1-4-28-18-10-16-17(11-19(18)29-5-2)22-12-23-20(16)26-15-8-6-7-14(9-15)21-24-13-25-27(21)3/h6-13H,4-5H2,1-3H3,(H,22,23,26). The van der Waals surface area contributed by atoms with Crippen molar-refractivity contribution in [2.24, 2.45) is 7.05 Å². The Bertz CT molecular complexity index is 1140. The fourth-order valence-electron chi connectivity index (χ4n) is 3.13. The van der Waals surface area contributed by atoms with Crippen LogP contribution in [-0.2, 0) is 7.05 Å². The number of aromatic nitrogens is 5. The zero-order valence-electron chi connectivity index (χ0n) is 16.6. The second-order valence-electron chi connectivity index (χ2n) is 6.32. The minimum Gasteiger partial charge on any atom is -0.490 e. The van der Waals surface area contributed by atoms with Crippen molar-refractivity contribution in [3.63, 3.8) is 0 Å². The zero-order chi connectivity index (χ0) is 20.2. The lowest BCUT2D eigenvalue weighted by Gasteiger charge is -2.14. The number of hydrogen-bond donors (Lipinski definition) is 1. The molecule has 0 fully saturated rings. The van der Waals surface area contributed by atoms with E-state index >= 15 is 0 Å². The summed E-state index contributed by atoms with van der Waals surface area (Å²) in [5, 5.41) is 8.37. The molecular weight excluding hydrogens is 368 g/mol. The van der Waals surface area contributed by atoms with Crippen LogP contribution in [0, 0.1) is 0 Å². The average molecular weight is 390 g/mol. The molecule has 2 heterocycles. The van der Waals surface area contributed by atoms with E-state index < -0.39 is 0 Å². The molecule has 29 heavy (non-hydrogen) atoms. The van der Waals surface area contributed by atoms with Gasteiger partial charge >= 0.3 is 0 Å². The number of ether oxygens (including phenoxy) is 2. The summed E-state index contributed by atoms with van der Waals surface area (Å²) in [5.74, 6) is 2.83. The third-order valence-electron chi connectivity index (χ3n) is 4.40. The molecule has 2 aromatic carbocycles. The summed E-state index contributed by atoms with van der Waals surface area (Å²) in [4.78, 5) is 13.1. The van der Waals surface area contributed by atoms with Crippen molar-refractivity contribution in [1.82, 2.24) is 24.7 Å². The molecule has 8 nitrogen and oxygen atoms in total. The van der Waals surface area contributed by atoms with Crippen molar-refractivity contribution in [3.8, 4) is 22.9 Å². The number of nitrogens with one attached hydrogen (secondary N) is 1. The van der Waals surface area contributed by atoms with Gasteiger partial charge in [0.2, 0.25) is 0 Å². The molecule has 8 heteroatoms. The second kappa shape index (κ2) is 8.14. The number of fused-ring (bicyclic) bond motifs is 1. The molecule has 4 aromatic rings. The normalized spacial score (nSPS) is 10.9. The molecule has 0 aliphatic carbocycles. The molecule has 4 rings (SSSR count). The maximum Gasteiger partial charge on any atom is 0.163 e. The summed E-state index contributed by atoms with van der Waals surface area (Å²) >= 11 is 0. The van der Waals surface area contributed by atoms with Gasteiger partial charge in [-0.15, -0.1) is 0 Å². The van der Waals surface area contributed by atoms with E-state index in [4.69, 9.17) is 9.47 Å². The number of rotatable bonds is 7. The first kappa shape index (κ1) is 18.7. The van der Waals surface area contributed by atoms with Crippen molar-refractivity contribution in [2.75, 3.05) is 18.5 Å². The average Bonchev–Trinajstić information content (AvgIpc) is 3.15. The zero-order valence-corrected chi connectivity index (χ0v) is 16.6. The van der Waals surface area contributed by atoms with Gasteiger partial charge in [-0.25, -0.2) is 19.6 Å². The molecule has 0 atom stereocenters. The van der Waals surface area contributed by atoms with E-state index in [1.807, 2.05) is 57.3 Å². The maximum atomic E-state index is 5.76. The Hall–Kier alpha value is -3.68. The van der Waals surface area contributed by atoms with Crippen LogP contribution in [0.2, 0.25) is 0 Å². The monoisotopic (exact) mass is 390 g/mol. The minimum absolute atomic E-state index is 0.543. The van der Waals surface area contributed by atoms with Gasteiger partial charge in [0.05, 0.1) is 18.7 Å². The highest BCUT2D eigenvalue weighted by Crippen LogP contribution is 2.35. The minimum atomic E-state index is 0.543. The van der Waals surface area contributed by atoms with Crippen LogP contribution < -0.4 is 14.8 Å². The Morgan fingerprint density at radius 2 is 1.72 bits per heavy atom. The SMILES string of the molecule is CCOc1cc2ncnc(Nc3cccc(-c4ncnn4C)c3)c2cc1OCC. The topological polar surface area (TPSA) is 87.0 Å². The number of anilines is 2. The van der Waals surface area contributed by atoms with Gasteiger partial charge in [0.15, 0.2) is 17.3 Å². The van der Waals surface area contributed by atoms with E-state index in [-0.39, 0.29) is 0 Å². The van der Waals surface area contributed by atoms with Gasteiger partial charge in [0.1, 0.15) is 18.5 Å². The van der Waals surface area contributed by atoms with Crippen LogP contribution in [0.5, 0.6) is 11.5 Å². The fourth-order valence-corrected chi connectivity index (χ4v) is 3.13. The van der Waals surface area contributed by atoms with Gasteiger partial charge in [0.25, 0.3) is 0 Å². The first-order valence-electron chi connectivity index (χ1n) is 9.45. The van der Waals surface area contributed by atoms with E-state index in [1.54, 1.807) is 11.0 Å². The van der Waals surface area contributed by atoms with Crippen LogP contribution in [0.4, 0.5) is 11.5 Å². The molecule has 0 saturated carbocycles. The summed E-state index contributed by atoms with van der Waals surface area (Å²) in [7, 11) is 1.87. The Labute approximate surface area is 168 Å². The first-order chi connectivity index (χ1) is 14.2. The van der Waals surface area contributed by atoms with Crippen molar-refractivity contribution in [1.29, 1.82) is 0 Å². The maximum absolute atomic E-state index is 5.76. The summed E-state index contributed by atoms with van der Waals surface area (Å²) in [5.41, 5.74) is 2.62. The lowest BCUT2D eigenvalue weighted by molar-refractivity contribution is 0.288. The van der Waals surface area contributed by atoms with Crippen LogP contribution >= 0.6 is 0 Å². The van der Waals surface area contributed by atoms with Crippen LogP contribution in [0.1, 0.15) is 13.8 Å². The van der Waals surface area contributed by atoms with Gasteiger partial charge in [-0.2, -0.15) is 5.10 Å². The molecule has 2 aromatic heterocycles. The Morgan fingerprint density at radius 3 is 2.45 bits per heavy atom. The molecule has 0 saturated heterocycles. The largest absolute Gasteiger partial charge is 0.490 e. The fraction of sp³-hybridized carbons (Fsp3) is 0.238. The lowest BCUT2D eigenvalue weighted by Crippen LogP contribution is -2.01. The molecule has 0 aliphatic heterocycles. The Morgan fingerprint density at radius 1 is 0.931 bits per heavy atom. The van der Waals surface area contributed by atoms with Crippen molar-refractivity contribution < 1.29 is 9.47 Å². The van der Waals surface area contributed by atoms with Gasteiger partial charge in [-0.1, -0.05) is 12.1 Å². The molecule has 0 unspecified atom stereocenters. The molecule has 0 bridgehead atoms. The first-order valence-corrected chi connectivity index (χ1v) is 9.45. The van der Waals surface area contributed by atoms with Crippen LogP contribution in [-0.4, -0.2) is 37.9 Å². The smallest absolute Gasteiger partial charge is 0.163 e. The van der Waals surface area contributed by atoms with Gasteiger partial charge in [-0.3, -0.25) is 0 Å². The number of nitrogens with zero attached hydrogens (tertiary/aromatic N) is 5. The van der Waals surface area contributed by atoms with Crippen LogP contribution in [0.25, 0.3) is 22.3 Å². The van der Waals surface area contributed by atoms with Gasteiger partial charge in [0, 0.05) is 29.8 Å². The van der Waals surface area contributed by atoms with E-state index in [1.165, 1.54) is 6.33 Å². The van der Waals surface area contributed by atoms with E-state index in [9.17, 15) is 0 Å². The van der Waals surface area contributed by atoms with E-state index in [0.29, 0.717) is 30.5 Å². The van der Waals surface area contributed by atoms with Crippen molar-refractivity contribution >= 4 is 22.4 Å². The molecule has 0 radical (unpaired) electrons. The lowest BCUT2D eigenvalue weighted by atomic mass is 10.1. The molecule has 1 N–H and O–H groups in total. The number of hydrogen-bond acceptors (Lipinski definition) is 7. The third kappa shape index (κ3) is 3.82. The molecule has 0 aliphatic rings. The summed E-state index contributed by atoms with van der Waals surface area (Å²) in [6, 6.07) is 11.7. The highest BCUT2D eigenvalue weighted by Gasteiger charge is 2.13. The Kier molecular flexibility index (Phi) is 5.24. The van der Waals surface area contributed by atoms with Crippen molar-refractivity contribution in [2.45, 2.75) is 13.8 Å². The second-order valence-corrected chi connectivity index (χ2v) is 6.32. The van der Waals surface area contributed by atoms with Gasteiger partial charge < -0.3 is 14.8 Å². The molecule has 148 valence electrons.